The molecule has 0 spiro atoms. The normalized spacial score (nSPS) is 15.0. The lowest BCUT2D eigenvalue weighted by Gasteiger charge is -2.18. The molecule has 22 heteroatoms. The number of aliphatic carboxylic acids is 2. The molecule has 0 radical (unpaired) electrons. The number of carboxylic acids is 2. The lowest BCUT2D eigenvalue weighted by atomic mass is 9.94. The zero-order valence-electron chi connectivity index (χ0n) is 30.2. The van der Waals surface area contributed by atoms with Gasteiger partial charge < -0.3 is 20.8 Å². The van der Waals surface area contributed by atoms with Crippen LogP contribution in [0.2, 0.25) is 0 Å². The molecule has 0 fully saturated rings. The molecule has 0 bridgehead atoms. The van der Waals surface area contributed by atoms with Gasteiger partial charge in [-0.3, -0.25) is 48.7 Å². The molecule has 4 aromatic rings. The first-order valence-corrected chi connectivity index (χ1v) is 19.8. The van der Waals surface area contributed by atoms with E-state index in [2.05, 4.69) is 31.7 Å². The number of carbonyl (C=O) groups excluding carboxylic acids is 4. The van der Waals surface area contributed by atoms with Gasteiger partial charge in [-0.1, -0.05) is 24.3 Å². The van der Waals surface area contributed by atoms with E-state index in [0.29, 0.717) is 11.1 Å². The van der Waals surface area contributed by atoms with Gasteiger partial charge in [0.15, 0.2) is 11.4 Å². The molecule has 4 aromatic carbocycles. The predicted octanol–water partition coefficient (Wildman–Crippen LogP) is 3.30. The number of Topliss-reactive ketones (excluding diaryl/α,β-unsaturated/α-hetero) is 2. The minimum Gasteiger partial charge on any atom is -0.481 e. The van der Waals surface area contributed by atoms with E-state index in [0.717, 1.165) is 24.3 Å². The van der Waals surface area contributed by atoms with Gasteiger partial charge in [-0.2, -0.15) is 27.0 Å². The fraction of sp³-hybridized carbons (Fsp3) is 0.0526. The van der Waals surface area contributed by atoms with Crippen LogP contribution >= 0.6 is 0 Å². The molecule has 0 saturated carbocycles. The summed E-state index contributed by atoms with van der Waals surface area (Å²) in [7, 11) is -10.1. The lowest BCUT2D eigenvalue weighted by Crippen LogP contribution is -2.30. The first kappa shape index (κ1) is 42.0. The summed E-state index contributed by atoms with van der Waals surface area (Å²) in [5.41, 5.74) is 4.61. The average molecular weight is 857 g/mol. The number of rotatable bonds is 12. The molecule has 60 heavy (non-hydrogen) atoms. The Kier molecular flexibility index (Phi) is 11.7. The van der Waals surface area contributed by atoms with Crippen LogP contribution in [0.1, 0.15) is 43.0 Å². The number of hydrazone groups is 2. The van der Waals surface area contributed by atoms with Crippen molar-refractivity contribution >= 4 is 102 Å². The van der Waals surface area contributed by atoms with Crippen LogP contribution in [0.25, 0.3) is 12.2 Å². The standard InChI is InChI=1S/C38H28N6O14S2/c45-31(46)13-19-1-5-23(6-2-19)41-43-33-29(59(53,54)55)17-21-15-25(9-11-27(21)35(33)49)39-37(51)38(52)40-26-10-12-28-22(16-26)18-30(60(56,57)58)34(36(28)50)44-42-24-7-3-20(4-8-24)14-32(47)48/h1-12,15-18,41-42H,13-14H2,(H,39,51)(H,40,52)(H,45,46)(H,47,48)(H,53,54,55)(H,56,57,58)/b43-33-,44-34-. The minimum absolute atomic E-state index is 0.0738. The van der Waals surface area contributed by atoms with Gasteiger partial charge in [-0.25, -0.2) is 0 Å². The Bertz CT molecular complexity index is 2690. The van der Waals surface area contributed by atoms with Crippen molar-refractivity contribution in [2.45, 2.75) is 12.8 Å². The van der Waals surface area contributed by atoms with E-state index in [4.69, 9.17) is 10.2 Å². The van der Waals surface area contributed by atoms with Crippen LogP contribution in [0.15, 0.2) is 105 Å². The van der Waals surface area contributed by atoms with Crippen molar-refractivity contribution in [3.63, 3.8) is 0 Å². The minimum atomic E-state index is -5.05. The number of benzene rings is 4. The number of carbonyl (C=O) groups is 6. The third kappa shape index (κ3) is 9.71. The molecular formula is C38H28N6O14S2. The summed E-state index contributed by atoms with van der Waals surface area (Å²) in [5, 5.41) is 30.2. The largest absolute Gasteiger partial charge is 0.481 e. The molecule has 2 amide bonds. The Morgan fingerprint density at radius 2 is 0.850 bits per heavy atom. The maximum atomic E-state index is 13.4. The number of carboxylic acid groups (broad SMARTS) is 2. The summed E-state index contributed by atoms with van der Waals surface area (Å²) >= 11 is 0. The molecule has 0 unspecified atom stereocenters. The van der Waals surface area contributed by atoms with Gasteiger partial charge >= 0.3 is 23.8 Å². The molecule has 20 nitrogen and oxygen atoms in total. The van der Waals surface area contributed by atoms with Gasteiger partial charge in [0, 0.05) is 22.5 Å². The molecule has 0 atom stereocenters. The van der Waals surface area contributed by atoms with E-state index in [9.17, 15) is 54.7 Å². The monoisotopic (exact) mass is 856 g/mol. The molecule has 0 saturated heterocycles. The number of allylic oxidation sites excluding steroid dienone is 2. The fourth-order valence-corrected chi connectivity index (χ4v) is 7.11. The highest BCUT2D eigenvalue weighted by atomic mass is 32.2. The SMILES string of the molecule is O=C(O)Cc1ccc(N/N=C2\C(=O)c3ccc(NC(=O)C(=O)Nc4ccc5c(c4)C=C(S(=O)(=O)O)/C(=N/Nc4ccc(CC(=O)O)cc4)C5=O)cc3C=C2S(=O)(=O)O)cc1. The average Bonchev–Trinajstić information content (AvgIpc) is 3.17. The summed E-state index contributed by atoms with van der Waals surface area (Å²) < 4.78 is 69.1. The first-order valence-electron chi connectivity index (χ1n) is 16.9. The molecule has 0 heterocycles. The van der Waals surface area contributed by atoms with Gasteiger partial charge in [0.1, 0.15) is 9.81 Å². The summed E-state index contributed by atoms with van der Waals surface area (Å²) in [6.07, 6.45) is 1.35. The number of ketones is 2. The number of hydrogen-bond donors (Lipinski definition) is 8. The zero-order chi connectivity index (χ0) is 43.5. The Hall–Kier alpha value is -7.66. The topological polar surface area (TPSA) is 324 Å². The van der Waals surface area contributed by atoms with Crippen molar-refractivity contribution in [3.05, 3.63) is 128 Å². The molecule has 0 aliphatic heterocycles. The van der Waals surface area contributed by atoms with Gasteiger partial charge in [0.25, 0.3) is 20.2 Å². The summed E-state index contributed by atoms with van der Waals surface area (Å²) in [5.74, 6) is -6.48. The van der Waals surface area contributed by atoms with Gasteiger partial charge in [0.2, 0.25) is 11.6 Å². The van der Waals surface area contributed by atoms with Crippen molar-refractivity contribution in [1.82, 2.24) is 0 Å². The second kappa shape index (κ2) is 16.7. The van der Waals surface area contributed by atoms with Crippen molar-refractivity contribution in [2.24, 2.45) is 10.2 Å². The van der Waals surface area contributed by atoms with E-state index >= 15 is 0 Å². The van der Waals surface area contributed by atoms with Crippen molar-refractivity contribution in [3.8, 4) is 0 Å². The number of nitrogens with zero attached hydrogens (tertiary/aromatic N) is 2. The number of fused-ring (bicyclic) bond motifs is 2. The zero-order valence-corrected chi connectivity index (χ0v) is 31.9. The van der Waals surface area contributed by atoms with Crippen LogP contribution < -0.4 is 21.5 Å². The van der Waals surface area contributed by atoms with Gasteiger partial charge in [0.05, 0.1) is 24.2 Å². The number of amides is 2. The molecule has 6 rings (SSSR count). The summed E-state index contributed by atoms with van der Waals surface area (Å²) in [4.78, 5) is 72.6. The lowest BCUT2D eigenvalue weighted by molar-refractivity contribution is -0.137. The van der Waals surface area contributed by atoms with Gasteiger partial charge in [-0.15, -0.1) is 0 Å². The molecule has 8 N–H and O–H groups in total. The Morgan fingerprint density at radius 1 is 0.517 bits per heavy atom. The van der Waals surface area contributed by atoms with E-state index in [1.807, 2.05) is 0 Å². The maximum Gasteiger partial charge on any atom is 0.314 e. The van der Waals surface area contributed by atoms with E-state index in [1.165, 1.54) is 72.8 Å². The van der Waals surface area contributed by atoms with Crippen molar-refractivity contribution in [2.75, 3.05) is 21.5 Å². The highest BCUT2D eigenvalue weighted by Gasteiger charge is 2.35. The third-order valence-electron chi connectivity index (χ3n) is 8.55. The Labute approximate surface area is 338 Å². The van der Waals surface area contributed by atoms with E-state index in [1.54, 1.807) is 0 Å². The molecule has 306 valence electrons. The maximum absolute atomic E-state index is 13.4. The van der Waals surface area contributed by atoms with Crippen LogP contribution in [-0.2, 0) is 52.3 Å². The molecular weight excluding hydrogens is 829 g/mol. The van der Waals surface area contributed by atoms with Crippen LogP contribution in [0.5, 0.6) is 0 Å². The van der Waals surface area contributed by atoms with Gasteiger partial charge in [-0.05, 0) is 95.1 Å². The van der Waals surface area contributed by atoms with Crippen LogP contribution in [0.4, 0.5) is 22.7 Å². The molecule has 2 aliphatic rings. The Morgan fingerprint density at radius 3 is 1.17 bits per heavy atom. The van der Waals surface area contributed by atoms with E-state index in [-0.39, 0.29) is 57.8 Å². The van der Waals surface area contributed by atoms with Crippen LogP contribution in [0.3, 0.4) is 0 Å². The number of hydrogen-bond acceptors (Lipinski definition) is 14. The summed E-state index contributed by atoms with van der Waals surface area (Å²) in [6.45, 7) is 0. The number of nitrogens with one attached hydrogen (secondary N) is 4. The predicted molar refractivity (Wildman–Crippen MR) is 216 cm³/mol. The highest BCUT2D eigenvalue weighted by molar-refractivity contribution is 7.91. The first-order chi connectivity index (χ1) is 28.3. The Balaban J connectivity index is 1.17. The van der Waals surface area contributed by atoms with Crippen molar-refractivity contribution < 1.29 is 64.9 Å². The molecule has 0 aromatic heterocycles. The fourth-order valence-electron chi connectivity index (χ4n) is 5.80. The molecule has 2 aliphatic carbocycles. The summed E-state index contributed by atoms with van der Waals surface area (Å²) in [6, 6.07) is 18.9. The van der Waals surface area contributed by atoms with Crippen LogP contribution in [0, 0.1) is 0 Å². The van der Waals surface area contributed by atoms with Crippen LogP contribution in [-0.4, -0.2) is 82.9 Å². The quantitative estimate of drug-likeness (QED) is 0.0576. The third-order valence-corrected chi connectivity index (χ3v) is 10.3. The van der Waals surface area contributed by atoms with Crippen molar-refractivity contribution in [1.29, 1.82) is 0 Å². The van der Waals surface area contributed by atoms with E-state index < -0.39 is 76.8 Å². The highest BCUT2D eigenvalue weighted by Crippen LogP contribution is 2.30. The second-order valence-electron chi connectivity index (χ2n) is 12.8. The smallest absolute Gasteiger partial charge is 0.314 e. The second-order valence-corrected chi connectivity index (χ2v) is 15.6. The number of anilines is 4.